The maximum atomic E-state index is 11.1. The maximum absolute atomic E-state index is 11.1. The molecule has 0 bridgehead atoms. The SMILES string of the molecule is Cc1cc(NC2CCOC3(C2)CC(C(=O)O)C3)nc(-c2cccs2)n1. The molecule has 7 heteroatoms. The second-order valence-corrected chi connectivity index (χ2v) is 7.95. The summed E-state index contributed by atoms with van der Waals surface area (Å²) in [7, 11) is 0. The number of carbonyl (C=O) groups is 1. The van der Waals surface area contributed by atoms with Crippen molar-refractivity contribution in [3.63, 3.8) is 0 Å². The zero-order valence-electron chi connectivity index (χ0n) is 14.1. The van der Waals surface area contributed by atoms with Crippen molar-refractivity contribution >= 4 is 23.1 Å². The smallest absolute Gasteiger partial charge is 0.306 e. The van der Waals surface area contributed by atoms with Gasteiger partial charge in [-0.1, -0.05) is 6.07 Å². The van der Waals surface area contributed by atoms with Crippen LogP contribution in [-0.2, 0) is 9.53 Å². The van der Waals surface area contributed by atoms with Gasteiger partial charge in [-0.2, -0.15) is 0 Å². The van der Waals surface area contributed by atoms with Crippen LogP contribution in [0.4, 0.5) is 5.82 Å². The Morgan fingerprint density at radius 2 is 2.24 bits per heavy atom. The van der Waals surface area contributed by atoms with Gasteiger partial charge in [0.05, 0.1) is 16.4 Å². The predicted octanol–water partition coefficient (Wildman–Crippen LogP) is 3.34. The Labute approximate surface area is 150 Å². The molecule has 1 saturated carbocycles. The van der Waals surface area contributed by atoms with E-state index in [2.05, 4.69) is 15.3 Å². The molecule has 1 aliphatic carbocycles. The van der Waals surface area contributed by atoms with E-state index in [9.17, 15) is 4.79 Å². The molecule has 0 aromatic carbocycles. The fraction of sp³-hybridized carbons (Fsp3) is 0.500. The minimum atomic E-state index is -0.712. The molecule has 4 rings (SSSR count). The van der Waals surface area contributed by atoms with Gasteiger partial charge in [0.25, 0.3) is 0 Å². The number of rotatable bonds is 4. The molecular weight excluding hydrogens is 338 g/mol. The van der Waals surface area contributed by atoms with Gasteiger partial charge in [0, 0.05) is 24.4 Å². The number of anilines is 1. The van der Waals surface area contributed by atoms with Gasteiger partial charge in [-0.3, -0.25) is 4.79 Å². The van der Waals surface area contributed by atoms with Crippen molar-refractivity contribution in [2.45, 2.75) is 44.2 Å². The Morgan fingerprint density at radius 3 is 2.96 bits per heavy atom. The Hall–Kier alpha value is -1.99. The highest BCUT2D eigenvalue weighted by Crippen LogP contribution is 2.46. The van der Waals surface area contributed by atoms with Gasteiger partial charge in [0.15, 0.2) is 5.82 Å². The first-order valence-electron chi connectivity index (χ1n) is 8.56. The van der Waals surface area contributed by atoms with Crippen LogP contribution in [0, 0.1) is 12.8 Å². The maximum Gasteiger partial charge on any atom is 0.306 e. The molecule has 0 amide bonds. The van der Waals surface area contributed by atoms with Gasteiger partial charge >= 0.3 is 5.97 Å². The average Bonchev–Trinajstić information content (AvgIpc) is 3.06. The lowest BCUT2D eigenvalue weighted by Crippen LogP contribution is -2.54. The summed E-state index contributed by atoms with van der Waals surface area (Å²) in [6.45, 7) is 2.63. The summed E-state index contributed by atoms with van der Waals surface area (Å²) in [6.07, 6.45) is 2.96. The van der Waals surface area contributed by atoms with Crippen LogP contribution in [0.1, 0.15) is 31.4 Å². The highest BCUT2D eigenvalue weighted by molar-refractivity contribution is 7.13. The van der Waals surface area contributed by atoms with Crippen molar-refractivity contribution in [1.82, 2.24) is 9.97 Å². The molecule has 25 heavy (non-hydrogen) atoms. The Balaban J connectivity index is 1.46. The summed E-state index contributed by atoms with van der Waals surface area (Å²) in [5.41, 5.74) is 0.662. The zero-order chi connectivity index (χ0) is 17.4. The van der Waals surface area contributed by atoms with E-state index in [4.69, 9.17) is 9.84 Å². The standard InChI is InChI=1S/C18H21N3O3S/c1-11-7-15(21-16(19-11)14-3-2-6-25-14)20-13-4-5-24-18(10-13)8-12(9-18)17(22)23/h2-3,6-7,12-13H,4-5,8-10H2,1H3,(H,22,23)(H,19,20,21). The molecule has 6 nitrogen and oxygen atoms in total. The van der Waals surface area contributed by atoms with Crippen LogP contribution in [-0.4, -0.2) is 39.3 Å². The van der Waals surface area contributed by atoms with E-state index in [0.29, 0.717) is 19.4 Å². The largest absolute Gasteiger partial charge is 0.481 e. The second-order valence-electron chi connectivity index (χ2n) is 7.00. The molecule has 2 fully saturated rings. The third kappa shape index (κ3) is 3.39. The van der Waals surface area contributed by atoms with Crippen LogP contribution in [0.3, 0.4) is 0 Å². The number of hydrogen-bond donors (Lipinski definition) is 2. The van der Waals surface area contributed by atoms with Crippen LogP contribution in [0.2, 0.25) is 0 Å². The van der Waals surface area contributed by atoms with E-state index >= 15 is 0 Å². The first-order valence-corrected chi connectivity index (χ1v) is 9.44. The van der Waals surface area contributed by atoms with E-state index in [1.807, 2.05) is 30.5 Å². The van der Waals surface area contributed by atoms with Crippen LogP contribution in [0.15, 0.2) is 23.6 Å². The molecule has 1 atom stereocenters. The Kier molecular flexibility index (Phi) is 4.21. The third-order valence-electron chi connectivity index (χ3n) is 5.03. The number of thiophene rings is 1. The lowest BCUT2D eigenvalue weighted by Gasteiger charge is -2.50. The third-order valence-corrected chi connectivity index (χ3v) is 5.89. The minimum absolute atomic E-state index is 0.244. The fourth-order valence-electron chi connectivity index (χ4n) is 3.82. The van der Waals surface area contributed by atoms with Crippen LogP contribution >= 0.6 is 11.3 Å². The fourth-order valence-corrected chi connectivity index (χ4v) is 4.47. The van der Waals surface area contributed by atoms with Gasteiger partial charge in [-0.15, -0.1) is 11.3 Å². The van der Waals surface area contributed by atoms with Gasteiger partial charge in [0.1, 0.15) is 5.82 Å². The molecule has 2 aliphatic rings. The molecular formula is C18H21N3O3S. The molecule has 2 N–H and O–H groups in total. The summed E-state index contributed by atoms with van der Waals surface area (Å²) in [6, 6.07) is 6.22. The van der Waals surface area contributed by atoms with Crippen molar-refractivity contribution in [3.05, 3.63) is 29.3 Å². The molecule has 1 saturated heterocycles. The number of ether oxygens (including phenoxy) is 1. The summed E-state index contributed by atoms with van der Waals surface area (Å²) >= 11 is 1.63. The van der Waals surface area contributed by atoms with Crippen LogP contribution in [0.25, 0.3) is 10.7 Å². The van der Waals surface area contributed by atoms with Gasteiger partial charge in [-0.25, -0.2) is 9.97 Å². The van der Waals surface area contributed by atoms with Gasteiger partial charge < -0.3 is 15.2 Å². The first-order chi connectivity index (χ1) is 12.0. The highest BCUT2D eigenvalue weighted by atomic mass is 32.1. The normalized spacial score (nSPS) is 28.5. The van der Waals surface area contributed by atoms with Crippen LogP contribution < -0.4 is 5.32 Å². The Bertz CT molecular complexity index is 772. The quantitative estimate of drug-likeness (QED) is 0.871. The minimum Gasteiger partial charge on any atom is -0.481 e. The monoisotopic (exact) mass is 359 g/mol. The Morgan fingerprint density at radius 1 is 1.40 bits per heavy atom. The molecule has 132 valence electrons. The van der Waals surface area contributed by atoms with Gasteiger partial charge in [-0.05, 0) is 44.1 Å². The van der Waals surface area contributed by atoms with Crippen molar-refractivity contribution in [3.8, 4) is 10.7 Å². The predicted molar refractivity (Wildman–Crippen MR) is 95.8 cm³/mol. The second kappa shape index (κ2) is 6.38. The molecule has 3 heterocycles. The number of nitrogens with one attached hydrogen (secondary N) is 1. The molecule has 1 spiro atoms. The van der Waals surface area contributed by atoms with E-state index in [-0.39, 0.29) is 17.6 Å². The summed E-state index contributed by atoms with van der Waals surface area (Å²) in [5.74, 6) is 0.600. The number of aromatic nitrogens is 2. The summed E-state index contributed by atoms with van der Waals surface area (Å²) in [4.78, 5) is 21.3. The number of nitrogens with zero attached hydrogens (tertiary/aromatic N) is 2. The number of carboxylic acid groups (broad SMARTS) is 1. The van der Waals surface area contributed by atoms with Crippen molar-refractivity contribution < 1.29 is 14.6 Å². The molecule has 1 aliphatic heterocycles. The van der Waals surface area contributed by atoms with Crippen LogP contribution in [0.5, 0.6) is 0 Å². The number of aryl methyl sites for hydroxylation is 1. The molecule has 2 aromatic rings. The molecule has 0 radical (unpaired) electrons. The first kappa shape index (κ1) is 16.5. The van der Waals surface area contributed by atoms with Crippen molar-refractivity contribution in [1.29, 1.82) is 0 Å². The zero-order valence-corrected chi connectivity index (χ0v) is 14.9. The topological polar surface area (TPSA) is 84.3 Å². The molecule has 1 unspecified atom stereocenters. The average molecular weight is 359 g/mol. The van der Waals surface area contributed by atoms with E-state index in [1.54, 1.807) is 11.3 Å². The highest BCUT2D eigenvalue weighted by Gasteiger charge is 2.51. The lowest BCUT2D eigenvalue weighted by atomic mass is 9.66. The van der Waals surface area contributed by atoms with Crippen molar-refractivity contribution in [2.75, 3.05) is 11.9 Å². The number of hydrogen-bond acceptors (Lipinski definition) is 6. The lowest BCUT2D eigenvalue weighted by molar-refractivity contribution is -0.179. The molecule has 2 aromatic heterocycles. The van der Waals surface area contributed by atoms with E-state index in [0.717, 1.165) is 35.1 Å². The van der Waals surface area contributed by atoms with E-state index in [1.165, 1.54) is 0 Å². The van der Waals surface area contributed by atoms with Crippen molar-refractivity contribution in [2.24, 2.45) is 5.92 Å². The summed E-state index contributed by atoms with van der Waals surface area (Å²) < 4.78 is 5.92. The number of carboxylic acids is 1. The number of aliphatic carboxylic acids is 1. The van der Waals surface area contributed by atoms with E-state index < -0.39 is 5.97 Å². The summed E-state index contributed by atoms with van der Waals surface area (Å²) in [5, 5.41) is 14.6. The van der Waals surface area contributed by atoms with Gasteiger partial charge in [0.2, 0.25) is 0 Å².